The molecule has 8 nitrogen and oxygen atoms in total. The largest absolute Gasteiger partial charge is 0.469 e. The molecule has 0 spiro atoms. The van der Waals surface area contributed by atoms with Crippen LogP contribution in [0.3, 0.4) is 0 Å². The zero-order chi connectivity index (χ0) is 24.5. The zero-order valence-corrected chi connectivity index (χ0v) is 19.1. The number of benzene rings is 2. The van der Waals surface area contributed by atoms with Gasteiger partial charge in [0.25, 0.3) is 11.1 Å². The molecule has 1 unspecified atom stereocenters. The van der Waals surface area contributed by atoms with Gasteiger partial charge in [-0.25, -0.2) is 0 Å². The lowest BCUT2D eigenvalue weighted by Gasteiger charge is -2.11. The molecular weight excluding hydrogens is 434 g/mol. The number of carbonyl (C=O) groups excluding carboxylic acids is 2. The lowest BCUT2D eigenvalue weighted by atomic mass is 10.0. The van der Waals surface area contributed by atoms with Crippen LogP contribution in [0.1, 0.15) is 36.5 Å². The second kappa shape index (κ2) is 11.6. The number of methoxy groups -OCH3 is 1. The minimum atomic E-state index is -0.404. The quantitative estimate of drug-likeness (QED) is 0.431. The Morgan fingerprint density at radius 3 is 2.03 bits per heavy atom. The molecule has 0 saturated carbocycles. The van der Waals surface area contributed by atoms with Crippen molar-refractivity contribution in [3.63, 3.8) is 0 Å². The molecule has 1 atom stereocenters. The van der Waals surface area contributed by atoms with Gasteiger partial charge in [0.05, 0.1) is 7.11 Å². The van der Waals surface area contributed by atoms with E-state index in [2.05, 4.69) is 20.0 Å². The van der Waals surface area contributed by atoms with Crippen molar-refractivity contribution in [2.75, 3.05) is 7.11 Å². The van der Waals surface area contributed by atoms with Crippen LogP contribution >= 0.6 is 0 Å². The maximum Gasteiger partial charge on any atom is 0.305 e. The number of aromatic amines is 2. The molecule has 8 heteroatoms. The Bertz CT molecular complexity index is 1370. The highest BCUT2D eigenvalue weighted by Crippen LogP contribution is 2.08. The predicted molar refractivity (Wildman–Crippen MR) is 129 cm³/mol. The number of aromatic nitrogens is 2. The van der Waals surface area contributed by atoms with Crippen LogP contribution in [0.25, 0.3) is 12.2 Å². The third kappa shape index (κ3) is 6.90. The van der Waals surface area contributed by atoms with Crippen LogP contribution < -0.4 is 27.1 Å². The molecule has 1 heterocycles. The van der Waals surface area contributed by atoms with Crippen molar-refractivity contribution in [2.24, 2.45) is 5.92 Å². The van der Waals surface area contributed by atoms with E-state index in [1.807, 2.05) is 42.5 Å². The molecule has 176 valence electrons. The van der Waals surface area contributed by atoms with Crippen molar-refractivity contribution < 1.29 is 14.3 Å². The Labute approximate surface area is 196 Å². The third-order valence-electron chi connectivity index (χ3n) is 5.31. The second-order valence-electron chi connectivity index (χ2n) is 7.91. The molecule has 2 aromatic carbocycles. The van der Waals surface area contributed by atoms with Crippen LogP contribution in [0.2, 0.25) is 0 Å². The number of hydrogen-bond donors (Lipinski definition) is 3. The number of hydrogen-bond acceptors (Lipinski definition) is 5. The summed E-state index contributed by atoms with van der Waals surface area (Å²) in [5.41, 5.74) is 1.61. The first kappa shape index (κ1) is 24.4. The second-order valence-corrected chi connectivity index (χ2v) is 7.91. The van der Waals surface area contributed by atoms with Crippen molar-refractivity contribution in [3.8, 4) is 0 Å². The van der Waals surface area contributed by atoms with E-state index in [9.17, 15) is 19.2 Å². The molecule has 3 N–H and O–H groups in total. The summed E-state index contributed by atoms with van der Waals surface area (Å²) in [7, 11) is 1.32. The molecular formula is C26H27N3O5. The Balaban J connectivity index is 1.68. The number of nitrogens with one attached hydrogen (secondary N) is 3. The SMILES string of the molecule is COC(=O)CCC(C)C(=O)NCc1ccc(C=c2[nH]c(=O)c(=Cc3ccccc3)[nH]c2=O)cc1. The topological polar surface area (TPSA) is 121 Å². The van der Waals surface area contributed by atoms with Crippen LogP contribution in [0.5, 0.6) is 0 Å². The number of amides is 1. The highest BCUT2D eigenvalue weighted by Gasteiger charge is 2.14. The summed E-state index contributed by atoms with van der Waals surface area (Å²) in [6, 6.07) is 16.5. The Hall–Kier alpha value is -4.20. The van der Waals surface area contributed by atoms with Gasteiger partial charge in [0.1, 0.15) is 10.7 Å². The summed E-state index contributed by atoms with van der Waals surface area (Å²) >= 11 is 0. The molecule has 0 fully saturated rings. The molecule has 1 aromatic heterocycles. The van der Waals surface area contributed by atoms with E-state index < -0.39 is 11.1 Å². The normalized spacial score (nSPS) is 12.9. The molecule has 0 saturated heterocycles. The molecule has 0 aliphatic carbocycles. The van der Waals surface area contributed by atoms with Crippen LogP contribution in [-0.4, -0.2) is 29.0 Å². The van der Waals surface area contributed by atoms with Gasteiger partial charge >= 0.3 is 5.97 Å². The average molecular weight is 462 g/mol. The highest BCUT2D eigenvalue weighted by atomic mass is 16.5. The maximum atomic E-state index is 12.5. The molecule has 0 radical (unpaired) electrons. The molecule has 3 aromatic rings. The van der Waals surface area contributed by atoms with Crippen molar-refractivity contribution in [2.45, 2.75) is 26.3 Å². The number of esters is 1. The van der Waals surface area contributed by atoms with E-state index in [0.29, 0.717) is 13.0 Å². The molecule has 0 aliphatic heterocycles. The first-order valence-electron chi connectivity index (χ1n) is 10.9. The van der Waals surface area contributed by atoms with E-state index in [4.69, 9.17) is 0 Å². The average Bonchev–Trinajstić information content (AvgIpc) is 2.85. The van der Waals surface area contributed by atoms with E-state index in [0.717, 1.165) is 16.7 Å². The zero-order valence-electron chi connectivity index (χ0n) is 19.1. The number of ether oxygens (including phenoxy) is 1. The highest BCUT2D eigenvalue weighted by molar-refractivity contribution is 5.79. The summed E-state index contributed by atoms with van der Waals surface area (Å²) < 4.78 is 4.59. The van der Waals surface area contributed by atoms with Gasteiger partial charge in [0.15, 0.2) is 0 Å². The summed E-state index contributed by atoms with van der Waals surface area (Å²) in [5.74, 6) is -0.788. The number of carbonyl (C=O) groups is 2. The molecule has 34 heavy (non-hydrogen) atoms. The minimum Gasteiger partial charge on any atom is -0.469 e. The van der Waals surface area contributed by atoms with Crippen molar-refractivity contribution in [3.05, 3.63) is 103 Å². The first-order chi connectivity index (χ1) is 16.4. The standard InChI is InChI=1S/C26H27N3O5/c1-17(8-13-23(30)34-2)24(31)27-16-20-11-9-19(10-12-20)15-22-26(33)28-21(25(32)29-22)14-18-6-4-3-5-7-18/h3-7,9-12,14-15,17H,8,13,16H2,1-2H3,(H,27,31)(H,28,33)(H,29,32). The van der Waals surface area contributed by atoms with Crippen molar-refractivity contribution in [1.29, 1.82) is 0 Å². The summed E-state index contributed by atoms with van der Waals surface area (Å²) in [4.78, 5) is 53.5. The summed E-state index contributed by atoms with van der Waals surface area (Å²) in [6.45, 7) is 2.10. The Kier molecular flexibility index (Phi) is 8.34. The molecule has 0 bridgehead atoms. The summed E-state index contributed by atoms with van der Waals surface area (Å²) in [5, 5.41) is 3.17. The Morgan fingerprint density at radius 2 is 1.47 bits per heavy atom. The Morgan fingerprint density at radius 1 is 0.912 bits per heavy atom. The van der Waals surface area contributed by atoms with Crippen molar-refractivity contribution >= 4 is 24.0 Å². The monoisotopic (exact) mass is 461 g/mol. The van der Waals surface area contributed by atoms with Crippen LogP contribution in [-0.2, 0) is 20.9 Å². The van der Waals surface area contributed by atoms with E-state index >= 15 is 0 Å². The van der Waals surface area contributed by atoms with Crippen LogP contribution in [0, 0.1) is 5.92 Å². The van der Waals surface area contributed by atoms with E-state index in [1.165, 1.54) is 7.11 Å². The number of H-pyrrole nitrogens is 2. The molecule has 0 aliphatic rings. The van der Waals surface area contributed by atoms with Crippen LogP contribution in [0.4, 0.5) is 0 Å². The third-order valence-corrected chi connectivity index (χ3v) is 5.31. The van der Waals surface area contributed by atoms with Crippen LogP contribution in [0.15, 0.2) is 64.2 Å². The fourth-order valence-corrected chi connectivity index (χ4v) is 3.24. The van der Waals surface area contributed by atoms with Gasteiger partial charge in [-0.1, -0.05) is 61.5 Å². The molecule has 3 rings (SSSR count). The summed E-state index contributed by atoms with van der Waals surface area (Å²) in [6.07, 6.45) is 3.82. The molecule has 1 amide bonds. The van der Waals surface area contributed by atoms with Gasteiger partial charge in [-0.2, -0.15) is 0 Å². The lowest BCUT2D eigenvalue weighted by Crippen LogP contribution is -2.46. The smallest absolute Gasteiger partial charge is 0.305 e. The fraction of sp³-hybridized carbons (Fsp3) is 0.231. The van der Waals surface area contributed by atoms with Gasteiger partial charge in [-0.05, 0) is 35.3 Å². The fourth-order valence-electron chi connectivity index (χ4n) is 3.24. The number of rotatable bonds is 8. The van der Waals surface area contributed by atoms with Gasteiger partial charge < -0.3 is 20.0 Å². The van der Waals surface area contributed by atoms with Gasteiger partial charge in [0.2, 0.25) is 5.91 Å². The predicted octanol–water partition coefficient (Wildman–Crippen LogP) is 0.926. The van der Waals surface area contributed by atoms with E-state index in [1.54, 1.807) is 31.2 Å². The lowest BCUT2D eigenvalue weighted by molar-refractivity contribution is -0.141. The van der Waals surface area contributed by atoms with Gasteiger partial charge in [0, 0.05) is 18.9 Å². The first-order valence-corrected chi connectivity index (χ1v) is 10.9. The minimum absolute atomic E-state index is 0.143. The van der Waals surface area contributed by atoms with Gasteiger partial charge in [-0.3, -0.25) is 19.2 Å². The maximum absolute atomic E-state index is 12.5. The van der Waals surface area contributed by atoms with Gasteiger partial charge in [-0.15, -0.1) is 0 Å². The van der Waals surface area contributed by atoms with Crippen molar-refractivity contribution in [1.82, 2.24) is 15.3 Å². The van der Waals surface area contributed by atoms with E-state index in [-0.39, 0.29) is 34.9 Å².